The van der Waals surface area contributed by atoms with E-state index in [0.717, 1.165) is 19.6 Å². The lowest BCUT2D eigenvalue weighted by Crippen LogP contribution is -2.34. The number of carbonyl (C=O) groups is 1. The van der Waals surface area contributed by atoms with Crippen LogP contribution in [-0.2, 0) is 9.53 Å². The molecular weight excluding hydrogens is 206 g/mol. The van der Waals surface area contributed by atoms with Crippen LogP contribution in [0, 0.1) is 5.92 Å². The fraction of sp³-hybridized carbons (Fsp3) is 0.636. The molecule has 0 aromatic carbocycles. The van der Waals surface area contributed by atoms with Crippen LogP contribution in [-0.4, -0.2) is 35.4 Å². The summed E-state index contributed by atoms with van der Waals surface area (Å²) in [6.07, 6.45) is 4.51. The monoisotopic (exact) mass is 223 g/mol. The molecule has 1 aliphatic rings. The first-order valence-electron chi connectivity index (χ1n) is 5.62. The van der Waals surface area contributed by atoms with Crippen molar-refractivity contribution < 1.29 is 9.53 Å². The van der Waals surface area contributed by atoms with Crippen molar-refractivity contribution in [3.63, 3.8) is 0 Å². The van der Waals surface area contributed by atoms with Crippen LogP contribution >= 0.6 is 0 Å². The van der Waals surface area contributed by atoms with Crippen molar-refractivity contribution in [2.45, 2.75) is 19.4 Å². The average molecular weight is 223 g/mol. The zero-order valence-electron chi connectivity index (χ0n) is 9.43. The summed E-state index contributed by atoms with van der Waals surface area (Å²) in [5.74, 6) is 0.476. The molecule has 0 bridgehead atoms. The minimum atomic E-state index is -0.252. The molecule has 5 heteroatoms. The number of ether oxygens (including phenoxy) is 1. The lowest BCUT2D eigenvalue weighted by Gasteiger charge is -2.14. The van der Waals surface area contributed by atoms with Crippen LogP contribution in [0.15, 0.2) is 18.5 Å². The SMILES string of the molecule is C[C@H](C(=O)NC[C@@H]1CCOC1)n1cccn1. The maximum absolute atomic E-state index is 11.8. The lowest BCUT2D eigenvalue weighted by molar-refractivity contribution is -0.124. The lowest BCUT2D eigenvalue weighted by atomic mass is 10.1. The summed E-state index contributed by atoms with van der Waals surface area (Å²) in [7, 11) is 0. The van der Waals surface area contributed by atoms with Crippen molar-refractivity contribution in [1.29, 1.82) is 0 Å². The first-order valence-corrected chi connectivity index (χ1v) is 5.62. The first kappa shape index (κ1) is 11.1. The highest BCUT2D eigenvalue weighted by Crippen LogP contribution is 2.11. The Hall–Kier alpha value is -1.36. The molecule has 0 spiro atoms. The molecule has 2 rings (SSSR count). The fourth-order valence-electron chi connectivity index (χ4n) is 1.77. The third kappa shape index (κ3) is 2.61. The van der Waals surface area contributed by atoms with Crippen LogP contribution in [0.5, 0.6) is 0 Å². The van der Waals surface area contributed by atoms with E-state index in [4.69, 9.17) is 4.74 Å². The summed E-state index contributed by atoms with van der Waals surface area (Å²) in [5, 5.41) is 6.98. The second-order valence-electron chi connectivity index (χ2n) is 4.14. The zero-order valence-corrected chi connectivity index (χ0v) is 9.43. The number of hydrogen-bond acceptors (Lipinski definition) is 3. The highest BCUT2D eigenvalue weighted by atomic mass is 16.5. The van der Waals surface area contributed by atoms with E-state index in [0.29, 0.717) is 12.5 Å². The number of nitrogens with one attached hydrogen (secondary N) is 1. The molecular formula is C11H17N3O2. The maximum Gasteiger partial charge on any atom is 0.244 e. The van der Waals surface area contributed by atoms with Crippen LogP contribution < -0.4 is 5.32 Å². The molecule has 1 aliphatic heterocycles. The number of hydrogen-bond donors (Lipinski definition) is 1. The molecule has 1 fully saturated rings. The minimum absolute atomic E-state index is 0.00981. The molecule has 0 aliphatic carbocycles. The van der Waals surface area contributed by atoms with Gasteiger partial charge < -0.3 is 10.1 Å². The van der Waals surface area contributed by atoms with E-state index in [1.54, 1.807) is 17.1 Å². The Balaban J connectivity index is 1.79. The molecule has 1 aromatic heterocycles. The van der Waals surface area contributed by atoms with Gasteiger partial charge in [0.2, 0.25) is 5.91 Å². The van der Waals surface area contributed by atoms with Crippen molar-refractivity contribution in [2.24, 2.45) is 5.92 Å². The van der Waals surface area contributed by atoms with E-state index < -0.39 is 0 Å². The van der Waals surface area contributed by atoms with Gasteiger partial charge in [-0.1, -0.05) is 0 Å². The summed E-state index contributed by atoms with van der Waals surface area (Å²) in [4.78, 5) is 11.8. The van der Waals surface area contributed by atoms with Gasteiger partial charge in [0, 0.05) is 31.5 Å². The van der Waals surface area contributed by atoms with Gasteiger partial charge in [-0.3, -0.25) is 9.48 Å². The predicted octanol–water partition coefficient (Wildman–Crippen LogP) is 0.597. The Bertz CT molecular complexity index is 331. The minimum Gasteiger partial charge on any atom is -0.381 e. The van der Waals surface area contributed by atoms with Crippen LogP contribution in [0.4, 0.5) is 0 Å². The molecule has 1 N–H and O–H groups in total. The quantitative estimate of drug-likeness (QED) is 0.813. The molecule has 5 nitrogen and oxygen atoms in total. The highest BCUT2D eigenvalue weighted by Gasteiger charge is 2.19. The summed E-state index contributed by atoms with van der Waals surface area (Å²) >= 11 is 0. The first-order chi connectivity index (χ1) is 7.77. The van der Waals surface area contributed by atoms with Gasteiger partial charge in [0.05, 0.1) is 6.61 Å². The van der Waals surface area contributed by atoms with Gasteiger partial charge in [-0.25, -0.2) is 0 Å². The molecule has 1 saturated heterocycles. The van der Waals surface area contributed by atoms with Crippen LogP contribution in [0.25, 0.3) is 0 Å². The number of nitrogens with zero attached hydrogens (tertiary/aromatic N) is 2. The predicted molar refractivity (Wildman–Crippen MR) is 58.9 cm³/mol. The summed E-state index contributed by atoms with van der Waals surface area (Å²) in [5.41, 5.74) is 0. The van der Waals surface area contributed by atoms with E-state index >= 15 is 0 Å². The van der Waals surface area contributed by atoms with Gasteiger partial charge in [-0.2, -0.15) is 5.10 Å². The van der Waals surface area contributed by atoms with E-state index in [9.17, 15) is 4.79 Å². The van der Waals surface area contributed by atoms with Crippen molar-refractivity contribution in [1.82, 2.24) is 15.1 Å². The van der Waals surface area contributed by atoms with Crippen LogP contribution in [0.3, 0.4) is 0 Å². The largest absolute Gasteiger partial charge is 0.381 e. The fourth-order valence-corrected chi connectivity index (χ4v) is 1.77. The Labute approximate surface area is 94.8 Å². The molecule has 0 unspecified atom stereocenters. The third-order valence-electron chi connectivity index (χ3n) is 2.89. The van der Waals surface area contributed by atoms with Gasteiger partial charge in [-0.15, -0.1) is 0 Å². The third-order valence-corrected chi connectivity index (χ3v) is 2.89. The molecule has 0 saturated carbocycles. The normalized spacial score (nSPS) is 21.9. The number of rotatable bonds is 4. The average Bonchev–Trinajstić information content (AvgIpc) is 2.96. The Morgan fingerprint density at radius 1 is 1.75 bits per heavy atom. The highest BCUT2D eigenvalue weighted by molar-refractivity contribution is 5.79. The number of aromatic nitrogens is 2. The van der Waals surface area contributed by atoms with Gasteiger partial charge in [0.25, 0.3) is 0 Å². The molecule has 1 aromatic rings. The van der Waals surface area contributed by atoms with Crippen molar-refractivity contribution >= 4 is 5.91 Å². The van der Waals surface area contributed by atoms with Gasteiger partial charge in [0.1, 0.15) is 6.04 Å². The molecule has 16 heavy (non-hydrogen) atoms. The van der Waals surface area contributed by atoms with E-state index in [-0.39, 0.29) is 11.9 Å². The smallest absolute Gasteiger partial charge is 0.244 e. The Morgan fingerprint density at radius 2 is 2.62 bits per heavy atom. The summed E-state index contributed by atoms with van der Waals surface area (Å²) < 4.78 is 6.91. The Morgan fingerprint density at radius 3 is 3.25 bits per heavy atom. The van der Waals surface area contributed by atoms with Crippen molar-refractivity contribution in [3.8, 4) is 0 Å². The van der Waals surface area contributed by atoms with Gasteiger partial charge in [-0.05, 0) is 19.4 Å². The molecule has 2 heterocycles. The molecule has 1 amide bonds. The maximum atomic E-state index is 11.8. The molecule has 0 radical (unpaired) electrons. The van der Waals surface area contributed by atoms with Crippen LogP contribution in [0.1, 0.15) is 19.4 Å². The standard InChI is InChI=1S/C11H17N3O2/c1-9(14-5-2-4-13-14)11(15)12-7-10-3-6-16-8-10/h2,4-5,9-10H,3,6-8H2,1H3,(H,12,15)/t9-,10+/m1/s1. The number of carbonyl (C=O) groups excluding carboxylic acids is 1. The number of amides is 1. The molecule has 2 atom stereocenters. The second-order valence-corrected chi connectivity index (χ2v) is 4.14. The van der Waals surface area contributed by atoms with Gasteiger partial charge in [0.15, 0.2) is 0 Å². The van der Waals surface area contributed by atoms with Gasteiger partial charge >= 0.3 is 0 Å². The van der Waals surface area contributed by atoms with E-state index in [1.165, 1.54) is 0 Å². The van der Waals surface area contributed by atoms with E-state index in [2.05, 4.69) is 10.4 Å². The summed E-state index contributed by atoms with van der Waals surface area (Å²) in [6, 6.07) is 1.56. The topological polar surface area (TPSA) is 56.1 Å². The van der Waals surface area contributed by atoms with Crippen molar-refractivity contribution in [2.75, 3.05) is 19.8 Å². The second kappa shape index (κ2) is 5.12. The van der Waals surface area contributed by atoms with Crippen molar-refractivity contribution in [3.05, 3.63) is 18.5 Å². The van der Waals surface area contributed by atoms with Crippen LogP contribution in [0.2, 0.25) is 0 Å². The zero-order chi connectivity index (χ0) is 11.4. The van der Waals surface area contributed by atoms with E-state index in [1.807, 2.05) is 13.0 Å². The summed E-state index contributed by atoms with van der Waals surface area (Å²) in [6.45, 7) is 4.11. The Kier molecular flexibility index (Phi) is 3.56. The molecule has 88 valence electrons.